The van der Waals surface area contributed by atoms with Gasteiger partial charge in [-0.05, 0) is 30.5 Å². The lowest BCUT2D eigenvalue weighted by molar-refractivity contribution is 0.0722. The molecule has 2 fully saturated rings. The van der Waals surface area contributed by atoms with E-state index in [4.69, 9.17) is 5.73 Å². The summed E-state index contributed by atoms with van der Waals surface area (Å²) in [5, 5.41) is 0. The molecule has 3 rings (SSSR count). The fourth-order valence-corrected chi connectivity index (χ4v) is 4.31. The van der Waals surface area contributed by atoms with E-state index < -0.39 is 0 Å². The topological polar surface area (TPSA) is 32.5 Å². The van der Waals surface area contributed by atoms with E-state index >= 15 is 0 Å². The van der Waals surface area contributed by atoms with E-state index in [-0.39, 0.29) is 0 Å². The molecule has 116 valence electrons. The summed E-state index contributed by atoms with van der Waals surface area (Å²) in [4.78, 5) is 5.27. The van der Waals surface area contributed by atoms with Gasteiger partial charge < -0.3 is 5.73 Å². The van der Waals surface area contributed by atoms with Crippen molar-refractivity contribution in [3.63, 3.8) is 0 Å². The largest absolute Gasteiger partial charge is 0.329 e. The number of rotatable bonds is 4. The van der Waals surface area contributed by atoms with Crippen molar-refractivity contribution in [1.29, 1.82) is 0 Å². The second-order valence-corrected chi connectivity index (χ2v) is 7.23. The van der Waals surface area contributed by atoms with Crippen LogP contribution in [-0.2, 0) is 0 Å². The number of hydrogen-bond donors (Lipinski definition) is 1. The molecule has 3 nitrogen and oxygen atoms in total. The van der Waals surface area contributed by atoms with E-state index in [1.807, 2.05) is 0 Å². The van der Waals surface area contributed by atoms with E-state index in [0.717, 1.165) is 23.6 Å². The number of halogens is 1. The van der Waals surface area contributed by atoms with Crippen molar-refractivity contribution in [3.8, 4) is 0 Å². The van der Waals surface area contributed by atoms with Crippen LogP contribution in [0.25, 0.3) is 0 Å². The molecule has 4 heteroatoms. The normalized spacial score (nSPS) is 23.5. The van der Waals surface area contributed by atoms with Crippen LogP contribution in [0.2, 0.25) is 0 Å². The molecule has 1 saturated heterocycles. The molecule has 1 aromatic rings. The lowest BCUT2D eigenvalue weighted by Crippen LogP contribution is -2.51. The molecule has 0 spiro atoms. The van der Waals surface area contributed by atoms with Crippen molar-refractivity contribution in [2.45, 2.75) is 37.8 Å². The number of benzene rings is 1. The summed E-state index contributed by atoms with van der Waals surface area (Å²) < 4.78 is 1.14. The minimum Gasteiger partial charge on any atom is -0.329 e. The van der Waals surface area contributed by atoms with Crippen molar-refractivity contribution >= 4 is 15.9 Å². The third-order valence-corrected chi connectivity index (χ3v) is 5.58. The Bertz CT molecular complexity index is 451. The average Bonchev–Trinajstić information content (AvgIpc) is 3.03. The van der Waals surface area contributed by atoms with Crippen LogP contribution in [0.15, 0.2) is 28.7 Å². The van der Waals surface area contributed by atoms with Crippen LogP contribution in [0.4, 0.5) is 0 Å². The lowest BCUT2D eigenvalue weighted by Gasteiger charge is -2.41. The SMILES string of the molecule is NCC(c1cccc(Br)c1)N1CCN(C2CCCC2)CC1. The minimum absolute atomic E-state index is 0.355. The quantitative estimate of drug-likeness (QED) is 0.904. The highest BCUT2D eigenvalue weighted by molar-refractivity contribution is 9.10. The molecule has 21 heavy (non-hydrogen) atoms. The van der Waals surface area contributed by atoms with Crippen molar-refractivity contribution in [2.75, 3.05) is 32.7 Å². The smallest absolute Gasteiger partial charge is 0.0471 e. The zero-order chi connectivity index (χ0) is 14.7. The summed E-state index contributed by atoms with van der Waals surface area (Å²) in [5.41, 5.74) is 7.41. The average molecular weight is 352 g/mol. The standard InChI is InChI=1S/C17H26BrN3/c18-15-5-3-4-14(12-15)17(13-19)21-10-8-20(9-11-21)16-6-1-2-7-16/h3-5,12,16-17H,1-2,6-11,13,19H2. The van der Waals surface area contributed by atoms with Crippen LogP contribution in [-0.4, -0.2) is 48.6 Å². The van der Waals surface area contributed by atoms with Gasteiger partial charge in [0.05, 0.1) is 0 Å². The third kappa shape index (κ3) is 3.67. The highest BCUT2D eigenvalue weighted by atomic mass is 79.9. The van der Waals surface area contributed by atoms with E-state index in [2.05, 4.69) is 50.0 Å². The highest BCUT2D eigenvalue weighted by Gasteiger charge is 2.29. The molecule has 1 atom stereocenters. The maximum absolute atomic E-state index is 6.07. The monoisotopic (exact) mass is 351 g/mol. The molecule has 0 aromatic heterocycles. The van der Waals surface area contributed by atoms with Crippen molar-refractivity contribution in [1.82, 2.24) is 9.80 Å². The maximum atomic E-state index is 6.07. The number of piperazine rings is 1. The Morgan fingerprint density at radius 1 is 1.14 bits per heavy atom. The first-order chi connectivity index (χ1) is 10.3. The van der Waals surface area contributed by atoms with Crippen LogP contribution in [0.1, 0.15) is 37.3 Å². The van der Waals surface area contributed by atoms with Gasteiger partial charge in [-0.1, -0.05) is 40.9 Å². The third-order valence-electron chi connectivity index (χ3n) is 5.09. The summed E-state index contributed by atoms with van der Waals surface area (Å²) >= 11 is 3.57. The molecule has 1 unspecified atom stereocenters. The Labute approximate surface area is 136 Å². The zero-order valence-electron chi connectivity index (χ0n) is 12.7. The molecule has 0 amide bonds. The summed E-state index contributed by atoms with van der Waals surface area (Å²) in [5.74, 6) is 0. The molecule has 1 aliphatic heterocycles. The van der Waals surface area contributed by atoms with Crippen molar-refractivity contribution < 1.29 is 0 Å². The second kappa shape index (κ2) is 7.23. The van der Waals surface area contributed by atoms with Gasteiger partial charge >= 0.3 is 0 Å². The van der Waals surface area contributed by atoms with Gasteiger partial charge in [-0.3, -0.25) is 9.80 Å². The van der Waals surface area contributed by atoms with Gasteiger partial charge in [0.1, 0.15) is 0 Å². The zero-order valence-corrected chi connectivity index (χ0v) is 14.3. The fraction of sp³-hybridized carbons (Fsp3) is 0.647. The molecule has 2 N–H and O–H groups in total. The first-order valence-corrected chi connectivity index (χ1v) is 9.01. The van der Waals surface area contributed by atoms with Gasteiger partial charge in [0.15, 0.2) is 0 Å². The molecule has 2 aliphatic rings. The first kappa shape index (κ1) is 15.5. The van der Waals surface area contributed by atoms with Gasteiger partial charge in [-0.15, -0.1) is 0 Å². The van der Waals surface area contributed by atoms with Crippen LogP contribution in [0, 0.1) is 0 Å². The number of nitrogens with zero attached hydrogens (tertiary/aromatic N) is 2. The molecular formula is C17H26BrN3. The fourth-order valence-electron chi connectivity index (χ4n) is 3.89. The van der Waals surface area contributed by atoms with Gasteiger partial charge in [0.2, 0.25) is 0 Å². The number of hydrogen-bond acceptors (Lipinski definition) is 3. The predicted octanol–water partition coefficient (Wildman–Crippen LogP) is 3.01. The number of nitrogens with two attached hydrogens (primary N) is 1. The molecule has 0 bridgehead atoms. The summed E-state index contributed by atoms with van der Waals surface area (Å²) in [7, 11) is 0. The Balaban J connectivity index is 1.61. The molecule has 1 saturated carbocycles. The Kier molecular flexibility index (Phi) is 5.33. The first-order valence-electron chi connectivity index (χ1n) is 8.21. The van der Waals surface area contributed by atoms with Gasteiger partial charge in [0, 0.05) is 49.3 Å². The van der Waals surface area contributed by atoms with Gasteiger partial charge in [-0.2, -0.15) is 0 Å². The van der Waals surface area contributed by atoms with Crippen LogP contribution >= 0.6 is 15.9 Å². The molecule has 1 heterocycles. The van der Waals surface area contributed by atoms with E-state index in [9.17, 15) is 0 Å². The van der Waals surface area contributed by atoms with Gasteiger partial charge in [-0.25, -0.2) is 0 Å². The summed E-state index contributed by atoms with van der Waals surface area (Å²) in [6, 6.07) is 9.81. The van der Waals surface area contributed by atoms with E-state index in [0.29, 0.717) is 12.6 Å². The molecule has 0 radical (unpaired) electrons. The van der Waals surface area contributed by atoms with E-state index in [1.165, 1.54) is 44.3 Å². The van der Waals surface area contributed by atoms with Crippen LogP contribution < -0.4 is 5.73 Å². The summed E-state index contributed by atoms with van der Waals surface area (Å²) in [6.45, 7) is 5.39. The Morgan fingerprint density at radius 2 is 1.86 bits per heavy atom. The van der Waals surface area contributed by atoms with Gasteiger partial charge in [0.25, 0.3) is 0 Å². The van der Waals surface area contributed by atoms with Crippen LogP contribution in [0.5, 0.6) is 0 Å². The Hall–Kier alpha value is -0.420. The summed E-state index contributed by atoms with van der Waals surface area (Å²) in [6.07, 6.45) is 5.67. The molecule has 1 aromatic carbocycles. The van der Waals surface area contributed by atoms with Crippen molar-refractivity contribution in [2.24, 2.45) is 5.73 Å². The predicted molar refractivity (Wildman–Crippen MR) is 91.3 cm³/mol. The Morgan fingerprint density at radius 3 is 2.48 bits per heavy atom. The van der Waals surface area contributed by atoms with Crippen molar-refractivity contribution in [3.05, 3.63) is 34.3 Å². The van der Waals surface area contributed by atoms with E-state index in [1.54, 1.807) is 0 Å². The molecule has 1 aliphatic carbocycles. The van der Waals surface area contributed by atoms with Crippen LogP contribution in [0.3, 0.4) is 0 Å². The lowest BCUT2D eigenvalue weighted by atomic mass is 10.0. The highest BCUT2D eigenvalue weighted by Crippen LogP contribution is 2.27. The minimum atomic E-state index is 0.355. The molecular weight excluding hydrogens is 326 g/mol. The second-order valence-electron chi connectivity index (χ2n) is 6.32. The maximum Gasteiger partial charge on any atom is 0.0471 e.